The Balaban J connectivity index is 0.000000151. The van der Waals surface area contributed by atoms with Crippen molar-refractivity contribution < 1.29 is 38.4 Å². The Morgan fingerprint density at radius 2 is 0.654 bits per heavy atom. The van der Waals surface area contributed by atoms with E-state index >= 15 is 0 Å². The van der Waals surface area contributed by atoms with Crippen LogP contribution in [0.5, 0.6) is 0 Å². The minimum Gasteiger partial charge on any atom is -0.330 e. The summed E-state index contributed by atoms with van der Waals surface area (Å²) in [5.41, 5.74) is 4.08. The quantitative estimate of drug-likeness (QED) is 0.142. The molecule has 2 saturated heterocycles. The third-order valence-electron chi connectivity index (χ3n) is 14.0. The summed E-state index contributed by atoms with van der Waals surface area (Å²) in [6.45, 7) is 2.52. The first-order valence-electron chi connectivity index (χ1n) is 26.6. The lowest BCUT2D eigenvalue weighted by Crippen LogP contribution is -2.60. The number of hydrogen-bond acceptors (Lipinski definition) is 8. The largest absolute Gasteiger partial charge is 0.330 e. The zero-order chi connectivity index (χ0) is 55.2. The van der Waals surface area contributed by atoms with Crippen molar-refractivity contribution >= 4 is 81.4 Å². The zero-order valence-electron chi connectivity index (χ0n) is 44.3. The number of carbonyl (C=O) groups is 8. The number of nitrogens with one attached hydrogen (secondary N) is 2. The summed E-state index contributed by atoms with van der Waals surface area (Å²) in [5, 5.41) is 5.02. The van der Waals surface area contributed by atoms with Gasteiger partial charge in [-0.25, -0.2) is 0 Å². The molecule has 0 spiro atoms. The summed E-state index contributed by atoms with van der Waals surface area (Å²) in [6, 6.07) is 55.0. The van der Waals surface area contributed by atoms with Crippen LogP contribution < -0.4 is 30.2 Å². The number of carbonyl (C=O) groups excluding carboxylic acids is 8. The van der Waals surface area contributed by atoms with Crippen molar-refractivity contribution in [2.24, 2.45) is 0 Å². The summed E-state index contributed by atoms with van der Waals surface area (Å²) in [4.78, 5) is 106. The fourth-order valence-electron chi connectivity index (χ4n) is 9.73. The van der Waals surface area contributed by atoms with Crippen LogP contribution in [0.15, 0.2) is 182 Å². The van der Waals surface area contributed by atoms with Crippen molar-refractivity contribution in [3.05, 3.63) is 182 Å². The van der Waals surface area contributed by atoms with E-state index in [0.717, 1.165) is 50.1 Å². The molecule has 2 saturated carbocycles. The smallest absolute Gasteiger partial charge is 0.316 e. The summed E-state index contributed by atoms with van der Waals surface area (Å²) in [6.07, 6.45) is 11.7. The van der Waals surface area contributed by atoms with Gasteiger partial charge < -0.3 is 40.0 Å². The predicted octanol–water partition coefficient (Wildman–Crippen LogP) is 8.97. The third kappa shape index (κ3) is 15.6. The second kappa shape index (κ2) is 28.8. The summed E-state index contributed by atoms with van der Waals surface area (Å²) >= 11 is 0. The van der Waals surface area contributed by atoms with Gasteiger partial charge in [-0.3, -0.25) is 38.4 Å². The van der Waals surface area contributed by atoms with Crippen molar-refractivity contribution in [1.82, 2.24) is 9.80 Å². The van der Waals surface area contributed by atoms with Crippen LogP contribution in [0.1, 0.15) is 64.2 Å². The molecule has 0 aromatic heterocycles. The van der Waals surface area contributed by atoms with Gasteiger partial charge in [0.05, 0.1) is 0 Å². The first kappa shape index (κ1) is 56.8. The van der Waals surface area contributed by atoms with Gasteiger partial charge in [0.2, 0.25) is 0 Å². The van der Waals surface area contributed by atoms with Crippen LogP contribution in [0.3, 0.4) is 0 Å². The van der Waals surface area contributed by atoms with Crippen molar-refractivity contribution in [3.8, 4) is 0 Å². The van der Waals surface area contributed by atoms with E-state index in [0.29, 0.717) is 47.9 Å². The Bertz CT molecular complexity index is 2710. The molecule has 10 rings (SSSR count). The summed E-state index contributed by atoms with van der Waals surface area (Å²) in [5.74, 6) is -3.93. The fourth-order valence-corrected chi connectivity index (χ4v) is 9.73. The van der Waals surface area contributed by atoms with E-state index in [2.05, 4.69) is 10.6 Å². The maximum atomic E-state index is 12.4. The standard InChI is InChI=1S/C16H26N2O2.C16H14N2O2.C16H16N2O2.C14H12N2O2/c2*19-15-16(20)18(14-9-5-2-6-10-14)12-11-17(15)13-7-3-1-4-8-13;1-17(13-9-5-3-6-10-13)15(19)16(20)18(2)14-11-7-4-8-12-14;17-13(15-11-7-3-1-4-8-11)14(18)16-12-9-5-2-6-10-12/h13-14H,1-12H2;1-10H,11-12H2;3-12H,1-2H3;1-10H,(H,15,17)(H,16,18). The molecule has 0 radical (unpaired) electrons. The molecule has 2 N–H and O–H groups in total. The van der Waals surface area contributed by atoms with Gasteiger partial charge in [0, 0.05) is 86.5 Å². The molecule has 4 aliphatic rings. The van der Waals surface area contributed by atoms with Crippen LogP contribution in [0.4, 0.5) is 34.1 Å². The Hall–Kier alpha value is -8.92. The van der Waals surface area contributed by atoms with Crippen molar-refractivity contribution in [3.63, 3.8) is 0 Å². The third-order valence-corrected chi connectivity index (χ3v) is 14.0. The molecule has 16 heteroatoms. The van der Waals surface area contributed by atoms with Gasteiger partial charge in [-0.05, 0) is 98.5 Å². The summed E-state index contributed by atoms with van der Waals surface area (Å²) in [7, 11) is 3.18. The van der Waals surface area contributed by atoms with E-state index < -0.39 is 35.4 Å². The molecular formula is C62H68N8O8. The normalized spacial score (nSPS) is 15.7. The van der Waals surface area contributed by atoms with Gasteiger partial charge in [0.1, 0.15) is 0 Å². The number of benzene rings is 6. The molecule has 2 aliphatic carbocycles. The number of anilines is 6. The van der Waals surface area contributed by atoms with E-state index in [1.165, 1.54) is 58.1 Å². The number of piperazine rings is 2. The highest BCUT2D eigenvalue weighted by Crippen LogP contribution is 2.28. The fraction of sp³-hybridized carbons (Fsp3) is 0.290. The number of nitrogens with zero attached hydrogens (tertiary/aromatic N) is 6. The molecule has 2 aliphatic heterocycles. The van der Waals surface area contributed by atoms with E-state index in [9.17, 15) is 38.4 Å². The van der Waals surface area contributed by atoms with Crippen LogP contribution in [0.2, 0.25) is 0 Å². The minimum atomic E-state index is -0.690. The monoisotopic (exact) mass is 1050 g/mol. The molecule has 16 nitrogen and oxygen atoms in total. The highest BCUT2D eigenvalue weighted by Gasteiger charge is 2.40. The molecule has 2 heterocycles. The lowest BCUT2D eigenvalue weighted by Gasteiger charge is -2.43. The predicted molar refractivity (Wildman–Crippen MR) is 305 cm³/mol. The zero-order valence-corrected chi connectivity index (χ0v) is 44.3. The lowest BCUT2D eigenvalue weighted by atomic mass is 9.92. The van der Waals surface area contributed by atoms with E-state index in [-0.39, 0.29) is 11.8 Å². The van der Waals surface area contributed by atoms with E-state index in [1.54, 1.807) is 86.9 Å². The van der Waals surface area contributed by atoms with Crippen LogP contribution >= 0.6 is 0 Å². The maximum Gasteiger partial charge on any atom is 0.316 e. The highest BCUT2D eigenvalue weighted by molar-refractivity contribution is 6.46. The summed E-state index contributed by atoms with van der Waals surface area (Å²) < 4.78 is 0. The van der Waals surface area contributed by atoms with E-state index in [1.807, 2.05) is 119 Å². The SMILES string of the molecule is CN(C(=O)C(=O)N(C)c1ccccc1)c1ccccc1.O=C(Nc1ccccc1)C(=O)Nc1ccccc1.O=C1C(=O)N(C2CCCCC2)CCN1C1CCCCC1.O=C1C(=O)N(c2ccccc2)CCN1c1ccccc1. The number of rotatable bonds is 8. The number of para-hydroxylation sites is 6. The van der Waals surface area contributed by atoms with Crippen LogP contribution in [-0.4, -0.2) is 109 Å². The molecule has 0 atom stereocenters. The Kier molecular flexibility index (Phi) is 21.0. The Morgan fingerprint density at radius 1 is 0.372 bits per heavy atom. The van der Waals surface area contributed by atoms with Crippen LogP contribution in [0.25, 0.3) is 0 Å². The second-order valence-electron chi connectivity index (χ2n) is 19.2. The molecule has 4 fully saturated rings. The second-order valence-corrected chi connectivity index (χ2v) is 19.2. The van der Waals surface area contributed by atoms with Gasteiger partial charge in [0.25, 0.3) is 0 Å². The minimum absolute atomic E-state index is 0.228. The van der Waals surface area contributed by atoms with Gasteiger partial charge in [-0.1, -0.05) is 148 Å². The van der Waals surface area contributed by atoms with Gasteiger partial charge >= 0.3 is 47.3 Å². The van der Waals surface area contributed by atoms with Crippen molar-refractivity contribution in [1.29, 1.82) is 0 Å². The molecule has 78 heavy (non-hydrogen) atoms. The first-order valence-corrected chi connectivity index (χ1v) is 26.6. The Morgan fingerprint density at radius 3 is 0.962 bits per heavy atom. The van der Waals surface area contributed by atoms with Gasteiger partial charge in [-0.2, -0.15) is 0 Å². The maximum absolute atomic E-state index is 12.4. The van der Waals surface area contributed by atoms with Crippen molar-refractivity contribution in [2.45, 2.75) is 76.3 Å². The van der Waals surface area contributed by atoms with Crippen LogP contribution in [0, 0.1) is 0 Å². The average molecular weight is 1050 g/mol. The molecule has 0 bridgehead atoms. The number of amides is 8. The number of likely N-dealkylation sites (N-methyl/N-ethyl adjacent to an activating group) is 2. The van der Waals surface area contributed by atoms with Gasteiger partial charge in [-0.15, -0.1) is 0 Å². The Labute approximate surface area is 456 Å². The lowest BCUT2D eigenvalue weighted by molar-refractivity contribution is -0.160. The number of hydrogen-bond donors (Lipinski definition) is 2. The molecule has 8 amide bonds. The molecule has 404 valence electrons. The topological polar surface area (TPSA) is 180 Å². The van der Waals surface area contributed by atoms with Gasteiger partial charge in [0.15, 0.2) is 0 Å². The molecular weight excluding hydrogens is 985 g/mol. The molecule has 6 aromatic rings. The van der Waals surface area contributed by atoms with Crippen LogP contribution in [-0.2, 0) is 38.4 Å². The molecule has 0 unspecified atom stereocenters. The first-order chi connectivity index (χ1) is 37.9. The average Bonchev–Trinajstić information content (AvgIpc) is 3.53. The van der Waals surface area contributed by atoms with E-state index in [4.69, 9.17) is 0 Å². The molecule has 6 aromatic carbocycles. The van der Waals surface area contributed by atoms with Crippen molar-refractivity contribution in [2.75, 3.05) is 70.5 Å². The highest BCUT2D eigenvalue weighted by atomic mass is 16.2.